The smallest absolute Gasteiger partial charge is 0.411 e. The number of pyridine rings is 1. The van der Waals surface area contributed by atoms with E-state index in [9.17, 15) is 19.8 Å². The monoisotopic (exact) mass is 362 g/mol. The second-order valence-electron chi connectivity index (χ2n) is 6.93. The van der Waals surface area contributed by atoms with Crippen molar-refractivity contribution in [1.29, 1.82) is 5.26 Å². The molecular formula is C17H22N4O5. The number of hydrogen-bond donors (Lipinski definition) is 2. The molecule has 1 atom stereocenters. The number of carboxylic acid groups (broad SMARTS) is 1. The Balaban J connectivity index is 2.47. The second kappa shape index (κ2) is 7.58. The maximum Gasteiger partial charge on any atom is 0.411 e. The summed E-state index contributed by atoms with van der Waals surface area (Å²) >= 11 is 0. The molecule has 0 saturated carbocycles. The number of nitrogens with zero attached hydrogens (tertiary/aromatic N) is 4. The lowest BCUT2D eigenvalue weighted by atomic mass is 9.99. The zero-order valence-corrected chi connectivity index (χ0v) is 15.0. The minimum atomic E-state index is -1.13. The molecule has 1 aliphatic rings. The van der Waals surface area contributed by atoms with Gasteiger partial charge >= 0.3 is 12.2 Å². The molecule has 140 valence electrons. The quantitative estimate of drug-likeness (QED) is 0.838. The number of ether oxygens (including phenoxy) is 1. The predicted molar refractivity (Wildman–Crippen MR) is 90.2 cm³/mol. The van der Waals surface area contributed by atoms with E-state index in [-0.39, 0.29) is 31.9 Å². The molecule has 9 heteroatoms. The number of rotatable bonds is 3. The van der Waals surface area contributed by atoms with Crippen LogP contribution in [0.5, 0.6) is 0 Å². The topological polar surface area (TPSA) is 127 Å². The number of aromatic nitrogens is 1. The van der Waals surface area contributed by atoms with E-state index >= 15 is 0 Å². The molecule has 2 amide bonds. The Morgan fingerprint density at radius 2 is 2.15 bits per heavy atom. The van der Waals surface area contributed by atoms with Gasteiger partial charge in [-0.15, -0.1) is 0 Å². The van der Waals surface area contributed by atoms with Gasteiger partial charge in [-0.3, -0.25) is 4.90 Å². The lowest BCUT2D eigenvalue weighted by Gasteiger charge is -2.39. The van der Waals surface area contributed by atoms with Crippen LogP contribution < -0.4 is 0 Å². The summed E-state index contributed by atoms with van der Waals surface area (Å²) in [5.74, 6) is 0. The van der Waals surface area contributed by atoms with Gasteiger partial charge in [0.2, 0.25) is 0 Å². The SMILES string of the molecule is CC(C)(C)OC(=O)N(CCO)C1CN(C(=O)O)Cc2ccc(C#N)nc21. The molecule has 1 aromatic rings. The van der Waals surface area contributed by atoms with Gasteiger partial charge in [-0.1, -0.05) is 6.07 Å². The van der Waals surface area contributed by atoms with Crippen LogP contribution in [0, 0.1) is 11.3 Å². The van der Waals surface area contributed by atoms with Gasteiger partial charge in [-0.05, 0) is 32.4 Å². The van der Waals surface area contributed by atoms with Crippen LogP contribution in [-0.2, 0) is 11.3 Å². The average Bonchev–Trinajstić information content (AvgIpc) is 2.56. The van der Waals surface area contributed by atoms with Gasteiger partial charge in [-0.25, -0.2) is 14.6 Å². The zero-order valence-electron chi connectivity index (χ0n) is 15.0. The van der Waals surface area contributed by atoms with Crippen LogP contribution in [-0.4, -0.2) is 62.5 Å². The van der Waals surface area contributed by atoms with Gasteiger partial charge in [0.1, 0.15) is 17.4 Å². The number of aliphatic hydroxyl groups is 1. The Morgan fingerprint density at radius 1 is 1.46 bits per heavy atom. The molecule has 1 aliphatic heterocycles. The molecular weight excluding hydrogens is 340 g/mol. The molecule has 1 unspecified atom stereocenters. The van der Waals surface area contributed by atoms with Gasteiger partial charge in [-0.2, -0.15) is 5.26 Å². The van der Waals surface area contributed by atoms with Crippen LogP contribution in [0.15, 0.2) is 12.1 Å². The van der Waals surface area contributed by atoms with E-state index < -0.39 is 23.8 Å². The van der Waals surface area contributed by atoms with Crippen molar-refractivity contribution < 1.29 is 24.5 Å². The first kappa shape index (κ1) is 19.5. The van der Waals surface area contributed by atoms with Crippen LogP contribution >= 0.6 is 0 Å². The van der Waals surface area contributed by atoms with Crippen LogP contribution in [0.3, 0.4) is 0 Å². The highest BCUT2D eigenvalue weighted by Crippen LogP contribution is 2.31. The van der Waals surface area contributed by atoms with Crippen molar-refractivity contribution in [3.8, 4) is 6.07 Å². The molecule has 2 heterocycles. The zero-order chi connectivity index (χ0) is 19.5. The standard InChI is InChI=1S/C17H22N4O5/c1-17(2,3)26-16(25)21(6-7-22)13-10-20(15(23)24)9-11-4-5-12(8-18)19-14(11)13/h4-5,13,22H,6-7,9-10H2,1-3H3,(H,23,24). The Hall–Kier alpha value is -2.86. The van der Waals surface area contributed by atoms with Crippen LogP contribution in [0.2, 0.25) is 0 Å². The highest BCUT2D eigenvalue weighted by Gasteiger charge is 2.37. The number of nitriles is 1. The summed E-state index contributed by atoms with van der Waals surface area (Å²) in [6.45, 7) is 4.86. The fourth-order valence-electron chi connectivity index (χ4n) is 2.75. The third kappa shape index (κ3) is 4.40. The third-order valence-corrected chi connectivity index (χ3v) is 3.81. The Bertz CT molecular complexity index is 738. The van der Waals surface area contributed by atoms with Crippen molar-refractivity contribution in [2.45, 2.75) is 39.0 Å². The summed E-state index contributed by atoms with van der Waals surface area (Å²) in [5, 5.41) is 27.9. The van der Waals surface area contributed by atoms with E-state index in [1.54, 1.807) is 26.8 Å². The summed E-state index contributed by atoms with van der Waals surface area (Å²) in [7, 11) is 0. The van der Waals surface area contributed by atoms with E-state index in [2.05, 4.69) is 4.98 Å². The maximum atomic E-state index is 12.6. The fourth-order valence-corrected chi connectivity index (χ4v) is 2.75. The second-order valence-corrected chi connectivity index (χ2v) is 6.93. The molecule has 26 heavy (non-hydrogen) atoms. The lowest BCUT2D eigenvalue weighted by molar-refractivity contribution is 0.00508. The normalized spacial score (nSPS) is 16.4. The Kier molecular flexibility index (Phi) is 5.67. The van der Waals surface area contributed by atoms with Crippen LogP contribution in [0.25, 0.3) is 0 Å². The van der Waals surface area contributed by atoms with Crippen molar-refractivity contribution in [2.75, 3.05) is 19.7 Å². The third-order valence-electron chi connectivity index (χ3n) is 3.81. The number of hydrogen-bond acceptors (Lipinski definition) is 6. The van der Waals surface area contributed by atoms with Crippen LogP contribution in [0.4, 0.5) is 9.59 Å². The van der Waals surface area contributed by atoms with Crippen molar-refractivity contribution in [3.05, 3.63) is 29.1 Å². The largest absolute Gasteiger partial charge is 0.465 e. The van der Waals surface area contributed by atoms with Gasteiger partial charge in [0.25, 0.3) is 0 Å². The summed E-state index contributed by atoms with van der Waals surface area (Å²) < 4.78 is 5.39. The number of carbonyl (C=O) groups is 2. The molecule has 0 radical (unpaired) electrons. The first-order chi connectivity index (χ1) is 12.2. The fraction of sp³-hybridized carbons (Fsp3) is 0.529. The number of carbonyl (C=O) groups excluding carboxylic acids is 1. The lowest BCUT2D eigenvalue weighted by Crippen LogP contribution is -2.48. The van der Waals surface area contributed by atoms with E-state index in [0.717, 1.165) is 4.90 Å². The van der Waals surface area contributed by atoms with E-state index in [4.69, 9.17) is 10.00 Å². The minimum Gasteiger partial charge on any atom is -0.465 e. The summed E-state index contributed by atoms with van der Waals surface area (Å²) in [6, 6.07) is 4.32. The molecule has 0 aromatic carbocycles. The maximum absolute atomic E-state index is 12.6. The summed E-state index contributed by atoms with van der Waals surface area (Å²) in [6.07, 6.45) is -1.81. The van der Waals surface area contributed by atoms with Gasteiger partial charge in [0.05, 0.1) is 31.4 Å². The van der Waals surface area contributed by atoms with Gasteiger partial charge in [0, 0.05) is 6.54 Å². The average molecular weight is 362 g/mol. The Morgan fingerprint density at radius 3 is 2.69 bits per heavy atom. The molecule has 1 aromatic heterocycles. The number of fused-ring (bicyclic) bond motifs is 1. The molecule has 0 fully saturated rings. The minimum absolute atomic E-state index is 0.0243. The predicted octanol–water partition coefficient (Wildman–Crippen LogP) is 1.72. The highest BCUT2D eigenvalue weighted by molar-refractivity contribution is 5.70. The van der Waals surface area contributed by atoms with Gasteiger partial charge < -0.3 is 19.8 Å². The first-order valence-corrected chi connectivity index (χ1v) is 8.14. The van der Waals surface area contributed by atoms with E-state index in [1.807, 2.05) is 6.07 Å². The summed E-state index contributed by atoms with van der Waals surface area (Å²) in [4.78, 5) is 30.8. The molecule has 2 rings (SSSR count). The highest BCUT2D eigenvalue weighted by atomic mass is 16.6. The number of amides is 2. The van der Waals surface area contributed by atoms with Crippen molar-refractivity contribution in [1.82, 2.24) is 14.8 Å². The van der Waals surface area contributed by atoms with Crippen molar-refractivity contribution in [3.63, 3.8) is 0 Å². The molecule has 0 spiro atoms. The van der Waals surface area contributed by atoms with Crippen molar-refractivity contribution >= 4 is 12.2 Å². The molecule has 2 N–H and O–H groups in total. The van der Waals surface area contributed by atoms with E-state index in [0.29, 0.717) is 11.3 Å². The number of aliphatic hydroxyl groups excluding tert-OH is 1. The summed E-state index contributed by atoms with van der Waals surface area (Å²) in [5.41, 5.74) is 0.470. The molecule has 0 bridgehead atoms. The molecule has 0 aliphatic carbocycles. The molecule has 9 nitrogen and oxygen atoms in total. The molecule has 0 saturated heterocycles. The van der Waals surface area contributed by atoms with Crippen molar-refractivity contribution in [2.24, 2.45) is 0 Å². The van der Waals surface area contributed by atoms with Crippen LogP contribution in [0.1, 0.15) is 43.8 Å². The van der Waals surface area contributed by atoms with Gasteiger partial charge in [0.15, 0.2) is 0 Å². The first-order valence-electron chi connectivity index (χ1n) is 8.14. The van der Waals surface area contributed by atoms with E-state index in [1.165, 1.54) is 11.0 Å². The Labute approximate surface area is 151 Å².